The molecule has 0 aromatic heterocycles. The third-order valence-corrected chi connectivity index (χ3v) is 4.10. The third-order valence-electron chi connectivity index (χ3n) is 4.10. The van der Waals surface area contributed by atoms with Crippen molar-refractivity contribution in [1.29, 1.82) is 0 Å². The lowest BCUT2D eigenvalue weighted by molar-refractivity contribution is 0.174. The third kappa shape index (κ3) is 8.24. The van der Waals surface area contributed by atoms with E-state index in [1.54, 1.807) is 0 Å². The molecule has 1 heterocycles. The summed E-state index contributed by atoms with van der Waals surface area (Å²) in [5.74, 6) is 0.757. The van der Waals surface area contributed by atoms with Crippen LogP contribution in [0.25, 0.3) is 0 Å². The van der Waals surface area contributed by atoms with E-state index < -0.39 is 0 Å². The van der Waals surface area contributed by atoms with Crippen molar-refractivity contribution in [1.82, 2.24) is 9.80 Å². The van der Waals surface area contributed by atoms with Gasteiger partial charge in [-0.2, -0.15) is 0 Å². The van der Waals surface area contributed by atoms with Crippen molar-refractivity contribution in [2.45, 2.75) is 71.9 Å². The number of nitrogens with two attached hydrogens (primary N) is 1. The Morgan fingerprint density at radius 2 is 1.57 bits per heavy atom. The Balaban J connectivity index is 0.00000400. The summed E-state index contributed by atoms with van der Waals surface area (Å²) in [7, 11) is 0. The molecule has 0 amide bonds. The molecule has 0 radical (unpaired) electrons. The highest BCUT2D eigenvalue weighted by molar-refractivity contribution is 14.0. The van der Waals surface area contributed by atoms with Gasteiger partial charge in [-0.1, -0.05) is 12.8 Å². The minimum Gasteiger partial charge on any atom is -0.370 e. The van der Waals surface area contributed by atoms with Crippen LogP contribution in [0.1, 0.15) is 59.8 Å². The van der Waals surface area contributed by atoms with Crippen LogP contribution in [0.3, 0.4) is 0 Å². The van der Waals surface area contributed by atoms with E-state index in [2.05, 4.69) is 42.5 Å². The van der Waals surface area contributed by atoms with Crippen molar-refractivity contribution in [3.8, 4) is 0 Å². The van der Waals surface area contributed by atoms with Gasteiger partial charge in [-0.05, 0) is 47.0 Å². The average molecular weight is 410 g/mol. The molecule has 0 aliphatic carbocycles. The van der Waals surface area contributed by atoms with E-state index in [-0.39, 0.29) is 24.0 Å². The van der Waals surface area contributed by atoms with Crippen LogP contribution in [0.15, 0.2) is 4.99 Å². The Hall–Kier alpha value is -0.0400. The van der Waals surface area contributed by atoms with Gasteiger partial charge in [0.1, 0.15) is 0 Å². The van der Waals surface area contributed by atoms with Gasteiger partial charge in [-0.25, -0.2) is 0 Å². The van der Waals surface area contributed by atoms with Crippen molar-refractivity contribution >= 4 is 29.9 Å². The minimum absolute atomic E-state index is 0. The van der Waals surface area contributed by atoms with Crippen LogP contribution in [0.2, 0.25) is 0 Å². The summed E-state index contributed by atoms with van der Waals surface area (Å²) in [6.07, 6.45) is 6.27. The molecule has 1 aliphatic rings. The first-order valence-electron chi connectivity index (χ1n) is 8.33. The van der Waals surface area contributed by atoms with Gasteiger partial charge in [-0.15, -0.1) is 24.0 Å². The van der Waals surface area contributed by atoms with Gasteiger partial charge < -0.3 is 10.6 Å². The first kappa shape index (κ1) is 21.0. The summed E-state index contributed by atoms with van der Waals surface area (Å²) >= 11 is 0. The molecule has 2 N–H and O–H groups in total. The summed E-state index contributed by atoms with van der Waals surface area (Å²) in [5.41, 5.74) is 6.12. The Kier molecular flexibility index (Phi) is 11.5. The van der Waals surface area contributed by atoms with Gasteiger partial charge in [0.05, 0.1) is 0 Å². The zero-order chi connectivity index (χ0) is 15.0. The number of rotatable bonds is 6. The average Bonchev–Trinajstić information content (AvgIpc) is 2.66. The monoisotopic (exact) mass is 410 g/mol. The molecular weight excluding hydrogens is 375 g/mol. The molecule has 4 nitrogen and oxygen atoms in total. The van der Waals surface area contributed by atoms with Crippen molar-refractivity contribution < 1.29 is 0 Å². The molecule has 0 aromatic carbocycles. The lowest BCUT2D eigenvalue weighted by Crippen LogP contribution is -2.39. The molecule has 21 heavy (non-hydrogen) atoms. The van der Waals surface area contributed by atoms with E-state index in [9.17, 15) is 0 Å². The van der Waals surface area contributed by atoms with Gasteiger partial charge in [0.15, 0.2) is 5.96 Å². The number of likely N-dealkylation sites (tertiary alicyclic amines) is 1. The fourth-order valence-electron chi connectivity index (χ4n) is 2.96. The summed E-state index contributed by atoms with van der Waals surface area (Å²) in [6.45, 7) is 13.1. The van der Waals surface area contributed by atoms with E-state index in [0.29, 0.717) is 12.1 Å². The van der Waals surface area contributed by atoms with Crippen LogP contribution >= 0.6 is 24.0 Å². The number of halogens is 1. The first-order valence-corrected chi connectivity index (χ1v) is 8.33. The van der Waals surface area contributed by atoms with Gasteiger partial charge in [0.25, 0.3) is 0 Å². The highest BCUT2D eigenvalue weighted by atomic mass is 127. The molecule has 0 aromatic rings. The molecule has 0 atom stereocenters. The van der Waals surface area contributed by atoms with Crippen molar-refractivity contribution in [2.75, 3.05) is 26.2 Å². The Bertz CT molecular complexity index is 276. The largest absolute Gasteiger partial charge is 0.370 e. The second kappa shape index (κ2) is 11.5. The fraction of sp³-hybridized carbons (Fsp3) is 0.938. The number of nitrogens with zero attached hydrogens (tertiary/aromatic N) is 3. The van der Waals surface area contributed by atoms with Crippen LogP contribution in [-0.4, -0.2) is 54.0 Å². The number of guanidine groups is 1. The lowest BCUT2D eigenvalue weighted by atomic mass is 10.2. The Labute approximate surface area is 148 Å². The molecule has 0 saturated carbocycles. The van der Waals surface area contributed by atoms with E-state index >= 15 is 0 Å². The Morgan fingerprint density at radius 3 is 2.05 bits per heavy atom. The first-order chi connectivity index (χ1) is 9.52. The standard InChI is InChI=1S/C16H34N4.HI/c1-14(2)20(15(3)4)13-9-10-18-16(17)19-11-7-5-6-8-12-19;/h14-15H,5-13H2,1-4H3,(H2,17,18);1H. The smallest absolute Gasteiger partial charge is 0.191 e. The maximum absolute atomic E-state index is 6.12. The van der Waals surface area contributed by atoms with E-state index in [1.165, 1.54) is 25.7 Å². The van der Waals surface area contributed by atoms with E-state index in [4.69, 9.17) is 5.73 Å². The molecule has 126 valence electrons. The van der Waals surface area contributed by atoms with Crippen LogP contribution in [0.5, 0.6) is 0 Å². The highest BCUT2D eigenvalue weighted by Gasteiger charge is 2.13. The molecule has 1 rings (SSSR count). The van der Waals surface area contributed by atoms with Gasteiger partial charge >= 0.3 is 0 Å². The maximum Gasteiger partial charge on any atom is 0.191 e. The number of hydrogen-bond acceptors (Lipinski definition) is 2. The molecule has 0 unspecified atom stereocenters. The van der Waals surface area contributed by atoms with Gasteiger partial charge in [0.2, 0.25) is 0 Å². The van der Waals surface area contributed by atoms with Crippen molar-refractivity contribution in [2.24, 2.45) is 10.7 Å². The number of hydrogen-bond donors (Lipinski definition) is 1. The highest BCUT2D eigenvalue weighted by Crippen LogP contribution is 2.09. The molecular formula is C16H35IN4. The van der Waals surface area contributed by atoms with E-state index in [0.717, 1.165) is 38.6 Å². The SMILES string of the molecule is CC(C)N(CCCN=C(N)N1CCCCCC1)C(C)C.I. The maximum atomic E-state index is 6.12. The van der Waals surface area contributed by atoms with Crippen molar-refractivity contribution in [3.05, 3.63) is 0 Å². The van der Waals surface area contributed by atoms with Crippen LogP contribution < -0.4 is 5.73 Å². The predicted molar refractivity (Wildman–Crippen MR) is 104 cm³/mol. The quantitative estimate of drug-likeness (QED) is 0.316. The van der Waals surface area contributed by atoms with Crippen molar-refractivity contribution in [3.63, 3.8) is 0 Å². The summed E-state index contributed by atoms with van der Waals surface area (Å²) < 4.78 is 0. The predicted octanol–water partition coefficient (Wildman–Crippen LogP) is 3.30. The number of aliphatic imine (C=N–C) groups is 1. The minimum atomic E-state index is 0. The molecule has 1 fully saturated rings. The summed E-state index contributed by atoms with van der Waals surface area (Å²) in [5, 5.41) is 0. The fourth-order valence-corrected chi connectivity index (χ4v) is 2.96. The lowest BCUT2D eigenvalue weighted by Gasteiger charge is -2.30. The van der Waals surface area contributed by atoms with Gasteiger partial charge in [0, 0.05) is 38.3 Å². The molecule has 0 spiro atoms. The Morgan fingerprint density at radius 1 is 1.05 bits per heavy atom. The normalized spacial score (nSPS) is 17.3. The second-order valence-electron chi connectivity index (χ2n) is 6.42. The topological polar surface area (TPSA) is 44.9 Å². The zero-order valence-electron chi connectivity index (χ0n) is 14.3. The molecule has 1 saturated heterocycles. The summed E-state index contributed by atoms with van der Waals surface area (Å²) in [4.78, 5) is 9.34. The summed E-state index contributed by atoms with van der Waals surface area (Å²) in [6, 6.07) is 1.20. The second-order valence-corrected chi connectivity index (χ2v) is 6.42. The van der Waals surface area contributed by atoms with Crippen LogP contribution in [0, 0.1) is 0 Å². The van der Waals surface area contributed by atoms with Crippen LogP contribution in [-0.2, 0) is 0 Å². The molecule has 1 aliphatic heterocycles. The molecule has 0 bridgehead atoms. The van der Waals surface area contributed by atoms with E-state index in [1.807, 2.05) is 0 Å². The zero-order valence-corrected chi connectivity index (χ0v) is 16.7. The van der Waals surface area contributed by atoms with Gasteiger partial charge in [-0.3, -0.25) is 9.89 Å². The van der Waals surface area contributed by atoms with Crippen LogP contribution in [0.4, 0.5) is 0 Å². The molecule has 5 heteroatoms.